The number of hydrogen-bond donors (Lipinski definition) is 1. The van der Waals surface area contributed by atoms with Crippen LogP contribution in [0.3, 0.4) is 0 Å². The Kier molecular flexibility index (Phi) is 4.84. The maximum Gasteiger partial charge on any atom is 0.234 e. The predicted octanol–water partition coefficient (Wildman–Crippen LogP) is 4.32. The molecule has 0 saturated carbocycles. The predicted molar refractivity (Wildman–Crippen MR) is 112 cm³/mol. The number of carbonyl (C=O) groups is 1. The Hall–Kier alpha value is -2.45. The summed E-state index contributed by atoms with van der Waals surface area (Å²) in [4.78, 5) is 16.8. The quantitative estimate of drug-likeness (QED) is 0.477. The highest BCUT2D eigenvalue weighted by atomic mass is 79.9. The molecule has 8 heteroatoms. The maximum absolute atomic E-state index is 12.2. The number of rotatable bonds is 4. The van der Waals surface area contributed by atoms with Gasteiger partial charge in [-0.2, -0.15) is 0 Å². The molecule has 0 bridgehead atoms. The van der Waals surface area contributed by atoms with Gasteiger partial charge in [0.15, 0.2) is 5.65 Å². The monoisotopic (exact) mass is 441 g/mol. The molecule has 0 aliphatic heterocycles. The third-order valence-corrected chi connectivity index (χ3v) is 5.62. The topological polar surface area (TPSA) is 72.7 Å². The zero-order valence-electron chi connectivity index (χ0n) is 14.7. The molecule has 0 radical (unpaired) electrons. The van der Waals surface area contributed by atoms with Crippen molar-refractivity contribution in [2.24, 2.45) is 7.05 Å². The van der Waals surface area contributed by atoms with Crippen LogP contribution in [0.2, 0.25) is 0 Å². The molecule has 0 aliphatic carbocycles. The number of aromatic nitrogens is 4. The summed E-state index contributed by atoms with van der Waals surface area (Å²) in [5.41, 5.74) is 4.38. The molecule has 2 aromatic heterocycles. The average molecular weight is 442 g/mol. The molecule has 0 saturated heterocycles. The first-order chi connectivity index (χ1) is 13.0. The van der Waals surface area contributed by atoms with Crippen molar-refractivity contribution < 1.29 is 4.79 Å². The van der Waals surface area contributed by atoms with Gasteiger partial charge in [0.05, 0.1) is 11.3 Å². The lowest BCUT2D eigenvalue weighted by Crippen LogP contribution is -2.15. The van der Waals surface area contributed by atoms with Crippen LogP contribution in [-0.2, 0) is 11.8 Å². The molecule has 1 amide bonds. The van der Waals surface area contributed by atoms with Crippen molar-refractivity contribution in [3.8, 4) is 0 Å². The lowest BCUT2D eigenvalue weighted by Gasteiger charge is -2.07. The van der Waals surface area contributed by atoms with E-state index in [1.165, 1.54) is 11.8 Å². The van der Waals surface area contributed by atoms with Crippen LogP contribution in [0, 0.1) is 6.92 Å². The molecule has 4 aromatic rings. The minimum absolute atomic E-state index is 0.0982. The Balaban J connectivity index is 1.54. The molecule has 136 valence electrons. The molecule has 0 aliphatic rings. The number of benzene rings is 2. The van der Waals surface area contributed by atoms with Gasteiger partial charge in [-0.15, -0.1) is 10.2 Å². The lowest BCUT2D eigenvalue weighted by molar-refractivity contribution is -0.113. The SMILES string of the molecule is Cc1ccccc1NC(=O)CSc1nnc2c3cc(Br)ccc3n(C)c2n1. The van der Waals surface area contributed by atoms with Gasteiger partial charge in [0.25, 0.3) is 0 Å². The molecule has 27 heavy (non-hydrogen) atoms. The number of hydrogen-bond acceptors (Lipinski definition) is 5. The fourth-order valence-corrected chi connectivity index (χ4v) is 3.85. The third kappa shape index (κ3) is 3.54. The Labute approximate surface area is 168 Å². The van der Waals surface area contributed by atoms with E-state index in [0.717, 1.165) is 37.8 Å². The second kappa shape index (κ2) is 7.28. The number of para-hydroxylation sites is 1. The number of amides is 1. The summed E-state index contributed by atoms with van der Waals surface area (Å²) in [6.07, 6.45) is 0. The fourth-order valence-electron chi connectivity index (χ4n) is 2.91. The molecule has 1 N–H and O–H groups in total. The first-order valence-electron chi connectivity index (χ1n) is 8.29. The first kappa shape index (κ1) is 17.9. The van der Waals surface area contributed by atoms with E-state index < -0.39 is 0 Å². The van der Waals surface area contributed by atoms with E-state index in [9.17, 15) is 4.79 Å². The maximum atomic E-state index is 12.2. The molecule has 2 heterocycles. The van der Waals surface area contributed by atoms with Crippen LogP contribution in [0.4, 0.5) is 5.69 Å². The van der Waals surface area contributed by atoms with Gasteiger partial charge in [0.1, 0.15) is 5.52 Å². The van der Waals surface area contributed by atoms with Gasteiger partial charge in [0.2, 0.25) is 11.1 Å². The molecule has 0 atom stereocenters. The molecule has 0 unspecified atom stereocenters. The first-order valence-corrected chi connectivity index (χ1v) is 10.1. The smallest absolute Gasteiger partial charge is 0.234 e. The number of aryl methyl sites for hydroxylation is 2. The van der Waals surface area contributed by atoms with Crippen LogP contribution in [-0.4, -0.2) is 31.4 Å². The van der Waals surface area contributed by atoms with Gasteiger partial charge < -0.3 is 9.88 Å². The van der Waals surface area contributed by atoms with Crippen molar-refractivity contribution in [2.45, 2.75) is 12.1 Å². The highest BCUT2D eigenvalue weighted by molar-refractivity contribution is 9.10. The van der Waals surface area contributed by atoms with Crippen LogP contribution in [0.25, 0.3) is 22.1 Å². The molecule has 2 aromatic carbocycles. The number of nitrogens with zero attached hydrogens (tertiary/aromatic N) is 4. The van der Waals surface area contributed by atoms with E-state index in [0.29, 0.717) is 5.16 Å². The summed E-state index contributed by atoms with van der Waals surface area (Å²) in [6, 6.07) is 13.7. The van der Waals surface area contributed by atoms with E-state index in [4.69, 9.17) is 0 Å². The van der Waals surface area contributed by atoms with Gasteiger partial charge >= 0.3 is 0 Å². The zero-order valence-corrected chi connectivity index (χ0v) is 17.1. The summed E-state index contributed by atoms with van der Waals surface area (Å²) < 4.78 is 2.97. The van der Waals surface area contributed by atoms with Crippen LogP contribution >= 0.6 is 27.7 Å². The molecule has 6 nitrogen and oxygen atoms in total. The van der Waals surface area contributed by atoms with E-state index in [1.807, 2.05) is 61.0 Å². The Morgan fingerprint density at radius 2 is 2.04 bits per heavy atom. The van der Waals surface area contributed by atoms with Crippen LogP contribution in [0.5, 0.6) is 0 Å². The number of nitrogens with one attached hydrogen (secondary N) is 1. The van der Waals surface area contributed by atoms with Crippen molar-refractivity contribution in [3.63, 3.8) is 0 Å². The summed E-state index contributed by atoms with van der Waals surface area (Å²) in [6.45, 7) is 1.96. The van der Waals surface area contributed by atoms with Gasteiger partial charge in [0, 0.05) is 22.6 Å². The Bertz CT molecular complexity index is 1170. The van der Waals surface area contributed by atoms with E-state index in [-0.39, 0.29) is 11.7 Å². The minimum atomic E-state index is -0.0982. The molecule has 0 fully saturated rings. The minimum Gasteiger partial charge on any atom is -0.327 e. The van der Waals surface area contributed by atoms with Crippen LogP contribution in [0.15, 0.2) is 52.1 Å². The standard InChI is InChI=1S/C19H16BrN5OS/c1-11-5-3-4-6-14(11)21-16(26)10-27-19-22-18-17(23-24-19)13-9-12(20)7-8-15(13)25(18)2/h3-9H,10H2,1-2H3,(H,21,26). The Morgan fingerprint density at radius 3 is 2.85 bits per heavy atom. The normalized spacial score (nSPS) is 11.2. The van der Waals surface area contributed by atoms with Crippen LogP contribution in [0.1, 0.15) is 5.56 Å². The van der Waals surface area contributed by atoms with Gasteiger partial charge in [-0.1, -0.05) is 45.9 Å². The highest BCUT2D eigenvalue weighted by Gasteiger charge is 2.14. The van der Waals surface area contributed by atoms with E-state index in [2.05, 4.69) is 36.4 Å². The van der Waals surface area contributed by atoms with Crippen molar-refractivity contribution >= 4 is 61.4 Å². The van der Waals surface area contributed by atoms with E-state index >= 15 is 0 Å². The van der Waals surface area contributed by atoms with Gasteiger partial charge in [-0.25, -0.2) is 4.98 Å². The van der Waals surface area contributed by atoms with Gasteiger partial charge in [-0.3, -0.25) is 4.79 Å². The summed E-state index contributed by atoms with van der Waals surface area (Å²) >= 11 is 4.76. The largest absolute Gasteiger partial charge is 0.327 e. The number of anilines is 1. The molecular weight excluding hydrogens is 426 g/mol. The summed E-state index contributed by atoms with van der Waals surface area (Å²) in [5.74, 6) is 0.121. The van der Waals surface area contributed by atoms with Crippen molar-refractivity contribution in [2.75, 3.05) is 11.1 Å². The second-order valence-electron chi connectivity index (χ2n) is 6.14. The van der Waals surface area contributed by atoms with Crippen molar-refractivity contribution in [1.29, 1.82) is 0 Å². The Morgan fingerprint density at radius 1 is 1.22 bits per heavy atom. The molecule has 4 rings (SSSR count). The summed E-state index contributed by atoms with van der Waals surface area (Å²) in [7, 11) is 1.95. The van der Waals surface area contributed by atoms with Crippen molar-refractivity contribution in [1.82, 2.24) is 19.7 Å². The number of thioether (sulfide) groups is 1. The summed E-state index contributed by atoms with van der Waals surface area (Å²) in [5, 5.41) is 12.9. The lowest BCUT2D eigenvalue weighted by atomic mass is 10.2. The highest BCUT2D eigenvalue weighted by Crippen LogP contribution is 2.28. The average Bonchev–Trinajstić information content (AvgIpc) is 2.93. The van der Waals surface area contributed by atoms with E-state index in [1.54, 1.807) is 0 Å². The molecule has 0 spiro atoms. The van der Waals surface area contributed by atoms with Gasteiger partial charge in [-0.05, 0) is 36.8 Å². The molecular formula is C19H16BrN5OS. The van der Waals surface area contributed by atoms with Crippen molar-refractivity contribution in [3.05, 3.63) is 52.5 Å². The van der Waals surface area contributed by atoms with Crippen LogP contribution < -0.4 is 5.32 Å². The third-order valence-electron chi connectivity index (χ3n) is 4.29. The number of carbonyl (C=O) groups excluding carboxylic acids is 1. The number of halogens is 1. The second-order valence-corrected chi connectivity index (χ2v) is 8.00. The zero-order chi connectivity index (χ0) is 19.0. The number of fused-ring (bicyclic) bond motifs is 3. The fraction of sp³-hybridized carbons (Fsp3) is 0.158.